The third-order valence-electron chi connectivity index (χ3n) is 8.50. The first-order valence-corrected chi connectivity index (χ1v) is 10.9. The van der Waals surface area contributed by atoms with Crippen LogP contribution in [-0.2, 0) is 9.59 Å². The summed E-state index contributed by atoms with van der Waals surface area (Å²) < 4.78 is 0. The van der Waals surface area contributed by atoms with Gasteiger partial charge in [-0.3, -0.25) is 9.59 Å². The standard InChI is InChI=1S/C23H36N2O2/c1-21(2,3)25-20(27)17-8-7-15-14-6-9-18-23(5,13-11-19(26)24-18)16(14)10-12-22(15,17)4/h11,13-18H,6-10,12H2,1-5H3,(H,24,26)(H,25,27)/t14-,15?,16?,17+,18-,22-,23+/m0/s1. The van der Waals surface area contributed by atoms with Gasteiger partial charge in [0, 0.05) is 22.9 Å². The zero-order valence-electron chi connectivity index (χ0n) is 17.6. The van der Waals surface area contributed by atoms with E-state index < -0.39 is 0 Å². The minimum absolute atomic E-state index is 0.0661. The van der Waals surface area contributed by atoms with Crippen molar-refractivity contribution >= 4 is 11.8 Å². The Kier molecular flexibility index (Phi) is 4.29. The first-order valence-electron chi connectivity index (χ1n) is 10.9. The summed E-state index contributed by atoms with van der Waals surface area (Å²) in [6.45, 7) is 11.0. The fourth-order valence-electron chi connectivity index (χ4n) is 7.22. The first-order chi connectivity index (χ1) is 12.5. The SMILES string of the molecule is CC(C)(C)NC(=O)[C@H]1CCC2[C@@H]3CC[C@@H]4NC(=O)C=C[C@]4(C)C3CC[C@@]21C. The van der Waals surface area contributed by atoms with Crippen LogP contribution in [0.3, 0.4) is 0 Å². The minimum Gasteiger partial charge on any atom is -0.351 e. The van der Waals surface area contributed by atoms with E-state index in [1.165, 1.54) is 19.3 Å². The molecule has 4 nitrogen and oxygen atoms in total. The molecule has 0 saturated heterocycles. The molecule has 0 bridgehead atoms. The Balaban J connectivity index is 1.58. The fourth-order valence-corrected chi connectivity index (χ4v) is 7.22. The number of hydrogen-bond acceptors (Lipinski definition) is 2. The van der Waals surface area contributed by atoms with Crippen LogP contribution in [0, 0.1) is 34.5 Å². The molecule has 7 atom stereocenters. The smallest absolute Gasteiger partial charge is 0.243 e. The summed E-state index contributed by atoms with van der Waals surface area (Å²) in [5.74, 6) is 2.41. The summed E-state index contributed by atoms with van der Waals surface area (Å²) in [6.07, 6.45) is 10.7. The van der Waals surface area contributed by atoms with Gasteiger partial charge in [-0.2, -0.15) is 0 Å². The lowest BCUT2D eigenvalue weighted by Crippen LogP contribution is -2.59. The van der Waals surface area contributed by atoms with Gasteiger partial charge in [-0.1, -0.05) is 19.9 Å². The molecule has 2 amide bonds. The average Bonchev–Trinajstić information content (AvgIpc) is 2.91. The van der Waals surface area contributed by atoms with Crippen molar-refractivity contribution in [1.82, 2.24) is 10.6 Å². The topological polar surface area (TPSA) is 58.2 Å². The van der Waals surface area contributed by atoms with Crippen LogP contribution in [0.2, 0.25) is 0 Å². The average molecular weight is 373 g/mol. The molecule has 3 fully saturated rings. The molecule has 150 valence electrons. The third kappa shape index (κ3) is 2.94. The number of hydrogen-bond donors (Lipinski definition) is 2. The van der Waals surface area contributed by atoms with E-state index in [-0.39, 0.29) is 40.1 Å². The van der Waals surface area contributed by atoms with Gasteiger partial charge < -0.3 is 10.6 Å². The number of nitrogens with one attached hydrogen (secondary N) is 2. The van der Waals surface area contributed by atoms with Gasteiger partial charge in [0.2, 0.25) is 11.8 Å². The maximum Gasteiger partial charge on any atom is 0.243 e. The Hall–Kier alpha value is -1.32. The van der Waals surface area contributed by atoms with E-state index in [1.54, 1.807) is 6.08 Å². The molecule has 1 aliphatic heterocycles. The maximum atomic E-state index is 13.0. The van der Waals surface area contributed by atoms with E-state index in [4.69, 9.17) is 0 Å². The van der Waals surface area contributed by atoms with E-state index >= 15 is 0 Å². The summed E-state index contributed by atoms with van der Waals surface area (Å²) in [5, 5.41) is 6.48. The Bertz CT molecular complexity index is 678. The molecule has 3 aliphatic carbocycles. The Morgan fingerprint density at radius 3 is 2.56 bits per heavy atom. The van der Waals surface area contributed by atoms with Gasteiger partial charge in [-0.05, 0) is 88.5 Å². The molecule has 4 heteroatoms. The Morgan fingerprint density at radius 2 is 1.85 bits per heavy atom. The molecule has 0 aromatic rings. The Morgan fingerprint density at radius 1 is 1.11 bits per heavy atom. The van der Waals surface area contributed by atoms with E-state index in [9.17, 15) is 9.59 Å². The van der Waals surface area contributed by atoms with E-state index in [1.807, 2.05) is 0 Å². The highest BCUT2D eigenvalue weighted by atomic mass is 16.2. The highest BCUT2D eigenvalue weighted by Gasteiger charge is 2.60. The quantitative estimate of drug-likeness (QED) is 0.735. The molecule has 2 N–H and O–H groups in total. The van der Waals surface area contributed by atoms with Gasteiger partial charge in [-0.15, -0.1) is 0 Å². The predicted molar refractivity (Wildman–Crippen MR) is 107 cm³/mol. The second-order valence-electron chi connectivity index (χ2n) is 11.1. The lowest BCUT2D eigenvalue weighted by Gasteiger charge is -2.58. The van der Waals surface area contributed by atoms with E-state index in [0.717, 1.165) is 19.3 Å². The van der Waals surface area contributed by atoms with Crippen LogP contribution in [0.1, 0.15) is 73.1 Å². The molecule has 4 rings (SSSR count). The molecule has 1 heterocycles. The highest BCUT2D eigenvalue weighted by molar-refractivity contribution is 5.89. The van der Waals surface area contributed by atoms with Crippen LogP contribution < -0.4 is 10.6 Å². The fraction of sp³-hybridized carbons (Fsp3) is 0.826. The molecule has 2 unspecified atom stereocenters. The van der Waals surface area contributed by atoms with Crippen molar-refractivity contribution in [2.24, 2.45) is 34.5 Å². The lowest BCUT2D eigenvalue weighted by atomic mass is 9.48. The largest absolute Gasteiger partial charge is 0.351 e. The van der Waals surface area contributed by atoms with Gasteiger partial charge in [0.25, 0.3) is 0 Å². The predicted octanol–water partition coefficient (Wildman–Crippen LogP) is 3.81. The minimum atomic E-state index is -0.167. The second-order valence-corrected chi connectivity index (χ2v) is 11.1. The third-order valence-corrected chi connectivity index (χ3v) is 8.50. The summed E-state index contributed by atoms with van der Waals surface area (Å²) in [6, 6.07) is 0.280. The Labute approximate surface area is 163 Å². The number of amides is 2. The van der Waals surface area contributed by atoms with Crippen molar-refractivity contribution < 1.29 is 9.59 Å². The van der Waals surface area contributed by atoms with Crippen LogP contribution in [0.15, 0.2) is 12.2 Å². The number of carbonyl (C=O) groups excluding carboxylic acids is 2. The monoisotopic (exact) mass is 372 g/mol. The number of fused-ring (bicyclic) bond motifs is 5. The van der Waals surface area contributed by atoms with Gasteiger partial charge in [0.1, 0.15) is 0 Å². The molecular formula is C23H36N2O2. The van der Waals surface area contributed by atoms with Gasteiger partial charge in [0.05, 0.1) is 0 Å². The summed E-state index contributed by atoms with van der Waals surface area (Å²) in [4.78, 5) is 24.9. The van der Waals surface area contributed by atoms with Crippen LogP contribution >= 0.6 is 0 Å². The zero-order chi connectivity index (χ0) is 19.6. The van der Waals surface area contributed by atoms with Crippen molar-refractivity contribution in [3.63, 3.8) is 0 Å². The van der Waals surface area contributed by atoms with Gasteiger partial charge in [0.15, 0.2) is 0 Å². The van der Waals surface area contributed by atoms with Crippen molar-refractivity contribution in [2.45, 2.75) is 84.7 Å². The summed E-state index contributed by atoms with van der Waals surface area (Å²) in [5.41, 5.74) is 0.0323. The summed E-state index contributed by atoms with van der Waals surface area (Å²) in [7, 11) is 0. The molecule has 0 aromatic carbocycles. The molecule has 0 spiro atoms. The normalized spacial score (nSPS) is 46.1. The van der Waals surface area contributed by atoms with Crippen molar-refractivity contribution in [2.75, 3.05) is 0 Å². The molecule has 3 saturated carbocycles. The highest BCUT2D eigenvalue weighted by Crippen LogP contribution is 2.65. The lowest BCUT2D eigenvalue weighted by molar-refractivity contribution is -0.135. The molecular weight excluding hydrogens is 336 g/mol. The van der Waals surface area contributed by atoms with Crippen molar-refractivity contribution in [3.8, 4) is 0 Å². The second kappa shape index (κ2) is 6.09. The van der Waals surface area contributed by atoms with E-state index in [0.29, 0.717) is 17.8 Å². The van der Waals surface area contributed by atoms with Gasteiger partial charge in [-0.25, -0.2) is 0 Å². The molecule has 27 heavy (non-hydrogen) atoms. The number of rotatable bonds is 1. The number of carbonyl (C=O) groups is 2. The van der Waals surface area contributed by atoms with Crippen LogP contribution in [-0.4, -0.2) is 23.4 Å². The summed E-state index contributed by atoms with van der Waals surface area (Å²) >= 11 is 0. The van der Waals surface area contributed by atoms with Crippen molar-refractivity contribution in [1.29, 1.82) is 0 Å². The molecule has 0 aromatic heterocycles. The van der Waals surface area contributed by atoms with Crippen LogP contribution in [0.4, 0.5) is 0 Å². The maximum absolute atomic E-state index is 13.0. The molecule has 0 radical (unpaired) electrons. The zero-order valence-corrected chi connectivity index (χ0v) is 17.6. The van der Waals surface area contributed by atoms with E-state index in [2.05, 4.69) is 51.3 Å². The van der Waals surface area contributed by atoms with Crippen LogP contribution in [0.5, 0.6) is 0 Å². The van der Waals surface area contributed by atoms with Crippen LogP contribution in [0.25, 0.3) is 0 Å². The molecule has 4 aliphatic rings. The first kappa shape index (κ1) is 19.0. The van der Waals surface area contributed by atoms with Gasteiger partial charge >= 0.3 is 0 Å². The van der Waals surface area contributed by atoms with Crippen molar-refractivity contribution in [3.05, 3.63) is 12.2 Å².